The van der Waals surface area contributed by atoms with Crippen molar-refractivity contribution in [3.05, 3.63) is 45.6 Å². The molecule has 2 amide bonds. The summed E-state index contributed by atoms with van der Waals surface area (Å²) in [5.74, 6) is 0.408. The van der Waals surface area contributed by atoms with Gasteiger partial charge in [-0.1, -0.05) is 0 Å². The molecule has 0 atom stereocenters. The predicted molar refractivity (Wildman–Crippen MR) is 94.9 cm³/mol. The minimum atomic E-state index is -0.222. The van der Waals surface area contributed by atoms with Gasteiger partial charge in [0.25, 0.3) is 5.91 Å². The van der Waals surface area contributed by atoms with Crippen LogP contribution in [0.3, 0.4) is 0 Å². The van der Waals surface area contributed by atoms with E-state index < -0.39 is 0 Å². The Morgan fingerprint density at radius 3 is 2.67 bits per heavy atom. The molecule has 1 heterocycles. The van der Waals surface area contributed by atoms with Crippen LogP contribution in [0.2, 0.25) is 0 Å². The minimum Gasteiger partial charge on any atom is -0.497 e. The van der Waals surface area contributed by atoms with Gasteiger partial charge in [0, 0.05) is 17.6 Å². The number of benzene rings is 1. The first-order valence-electron chi connectivity index (χ1n) is 7.88. The molecule has 0 spiro atoms. The minimum absolute atomic E-state index is 0.0213. The number of rotatable bonds is 5. The topological polar surface area (TPSA) is 58.6 Å². The van der Waals surface area contributed by atoms with E-state index >= 15 is 0 Å². The van der Waals surface area contributed by atoms with Gasteiger partial charge in [-0.05, 0) is 55.2 Å². The van der Waals surface area contributed by atoms with Crippen molar-refractivity contribution in [2.45, 2.75) is 19.3 Å². The number of ether oxygens (including phenoxy) is 1. The number of carbonyl (C=O) groups is 2. The SMILES string of the molecule is COc1ccc(NC(=O)CN(C)C(=O)c2cc3c(s2)CCC3)cc1. The van der Waals surface area contributed by atoms with Crippen LogP contribution in [0.5, 0.6) is 5.75 Å². The summed E-state index contributed by atoms with van der Waals surface area (Å²) < 4.78 is 5.08. The van der Waals surface area contributed by atoms with Crippen molar-refractivity contribution in [2.75, 3.05) is 26.0 Å². The summed E-state index contributed by atoms with van der Waals surface area (Å²) >= 11 is 1.56. The van der Waals surface area contributed by atoms with Crippen LogP contribution in [0.15, 0.2) is 30.3 Å². The lowest BCUT2D eigenvalue weighted by Gasteiger charge is -2.16. The number of anilines is 1. The number of carbonyl (C=O) groups excluding carboxylic acids is 2. The van der Waals surface area contributed by atoms with Crippen LogP contribution in [-0.4, -0.2) is 37.4 Å². The third-order valence-corrected chi connectivity index (χ3v) is 5.28. The highest BCUT2D eigenvalue weighted by atomic mass is 32.1. The summed E-state index contributed by atoms with van der Waals surface area (Å²) in [4.78, 5) is 28.1. The van der Waals surface area contributed by atoms with Gasteiger partial charge in [0.15, 0.2) is 0 Å². The Morgan fingerprint density at radius 2 is 2.00 bits per heavy atom. The largest absolute Gasteiger partial charge is 0.497 e. The number of fused-ring (bicyclic) bond motifs is 1. The van der Waals surface area contributed by atoms with Gasteiger partial charge in [0.05, 0.1) is 18.5 Å². The van der Waals surface area contributed by atoms with Crippen LogP contribution in [0.25, 0.3) is 0 Å². The van der Waals surface area contributed by atoms with Gasteiger partial charge in [-0.25, -0.2) is 0 Å². The number of aryl methyl sites for hydroxylation is 2. The third-order valence-electron chi connectivity index (χ3n) is 4.06. The molecular formula is C18H20N2O3S. The molecule has 5 nitrogen and oxygen atoms in total. The first kappa shape index (κ1) is 16.5. The zero-order chi connectivity index (χ0) is 17.1. The number of methoxy groups -OCH3 is 1. The number of thiophene rings is 1. The van der Waals surface area contributed by atoms with Crippen molar-refractivity contribution >= 4 is 28.8 Å². The van der Waals surface area contributed by atoms with Gasteiger partial charge >= 0.3 is 0 Å². The third kappa shape index (κ3) is 3.59. The van der Waals surface area contributed by atoms with Crippen molar-refractivity contribution in [1.82, 2.24) is 4.90 Å². The fourth-order valence-corrected chi connectivity index (χ4v) is 4.03. The molecule has 0 radical (unpaired) electrons. The lowest BCUT2D eigenvalue weighted by atomic mass is 10.2. The van der Waals surface area contributed by atoms with Crippen molar-refractivity contribution in [1.29, 1.82) is 0 Å². The average molecular weight is 344 g/mol. The molecule has 1 aromatic heterocycles. The Morgan fingerprint density at radius 1 is 1.25 bits per heavy atom. The fraction of sp³-hybridized carbons (Fsp3) is 0.333. The molecule has 2 aromatic rings. The molecule has 1 aliphatic rings. The van der Waals surface area contributed by atoms with Crippen molar-refractivity contribution in [3.8, 4) is 5.75 Å². The molecule has 1 N–H and O–H groups in total. The lowest BCUT2D eigenvalue weighted by Crippen LogP contribution is -2.34. The maximum Gasteiger partial charge on any atom is 0.264 e. The number of amides is 2. The molecule has 6 heteroatoms. The van der Waals surface area contributed by atoms with E-state index in [-0.39, 0.29) is 18.4 Å². The van der Waals surface area contributed by atoms with Gasteiger partial charge in [-0.3, -0.25) is 9.59 Å². The van der Waals surface area contributed by atoms with E-state index in [4.69, 9.17) is 4.74 Å². The lowest BCUT2D eigenvalue weighted by molar-refractivity contribution is -0.116. The second-order valence-corrected chi connectivity index (χ2v) is 6.99. The van der Waals surface area contributed by atoms with E-state index in [1.807, 2.05) is 6.07 Å². The highest BCUT2D eigenvalue weighted by molar-refractivity contribution is 7.14. The van der Waals surface area contributed by atoms with Crippen molar-refractivity contribution in [3.63, 3.8) is 0 Å². The van der Waals surface area contributed by atoms with Crippen LogP contribution in [0, 0.1) is 0 Å². The van der Waals surface area contributed by atoms with Crippen molar-refractivity contribution < 1.29 is 14.3 Å². The van der Waals surface area contributed by atoms with E-state index in [0.29, 0.717) is 5.69 Å². The first-order valence-corrected chi connectivity index (χ1v) is 8.69. The number of nitrogens with one attached hydrogen (secondary N) is 1. The van der Waals surface area contributed by atoms with Crippen LogP contribution >= 0.6 is 11.3 Å². The maximum absolute atomic E-state index is 12.5. The molecule has 3 rings (SSSR count). The molecule has 1 aromatic carbocycles. The van der Waals surface area contributed by atoms with Gasteiger partial charge in [0.2, 0.25) is 5.91 Å². The first-order chi connectivity index (χ1) is 11.6. The smallest absolute Gasteiger partial charge is 0.264 e. The normalized spacial score (nSPS) is 12.6. The van der Waals surface area contributed by atoms with Crippen LogP contribution in [-0.2, 0) is 17.6 Å². The molecular weight excluding hydrogens is 324 g/mol. The second-order valence-electron chi connectivity index (χ2n) is 5.85. The number of likely N-dealkylation sites (N-methyl/N-ethyl adjacent to an activating group) is 1. The molecule has 0 bridgehead atoms. The van der Waals surface area contributed by atoms with E-state index in [0.717, 1.165) is 23.5 Å². The second kappa shape index (κ2) is 7.05. The Balaban J connectivity index is 1.57. The Hall–Kier alpha value is -2.34. The van der Waals surface area contributed by atoms with Gasteiger partial charge in [-0.15, -0.1) is 11.3 Å². The molecule has 1 aliphatic carbocycles. The highest BCUT2D eigenvalue weighted by Crippen LogP contribution is 2.31. The summed E-state index contributed by atoms with van der Waals surface area (Å²) in [6, 6.07) is 9.06. The molecule has 0 saturated carbocycles. The highest BCUT2D eigenvalue weighted by Gasteiger charge is 2.21. The summed E-state index contributed by atoms with van der Waals surface area (Å²) in [6.07, 6.45) is 3.30. The molecule has 24 heavy (non-hydrogen) atoms. The van der Waals surface area contributed by atoms with Crippen LogP contribution in [0.1, 0.15) is 26.5 Å². The van der Waals surface area contributed by atoms with E-state index in [2.05, 4.69) is 5.32 Å². The summed E-state index contributed by atoms with van der Waals surface area (Å²) in [6.45, 7) is 0.0213. The molecule has 126 valence electrons. The summed E-state index contributed by atoms with van der Waals surface area (Å²) in [5, 5.41) is 2.78. The van der Waals surface area contributed by atoms with Crippen LogP contribution in [0.4, 0.5) is 5.69 Å². The zero-order valence-electron chi connectivity index (χ0n) is 13.8. The predicted octanol–water partition coefficient (Wildman–Crippen LogP) is 2.96. The monoisotopic (exact) mass is 344 g/mol. The number of hydrogen-bond acceptors (Lipinski definition) is 4. The Bertz CT molecular complexity index is 731. The fourth-order valence-electron chi connectivity index (χ4n) is 2.78. The Labute approximate surface area is 145 Å². The summed E-state index contributed by atoms with van der Waals surface area (Å²) in [5.41, 5.74) is 1.97. The molecule has 0 unspecified atom stereocenters. The van der Waals surface area contributed by atoms with Crippen LogP contribution < -0.4 is 10.1 Å². The van der Waals surface area contributed by atoms with Gasteiger partial charge < -0.3 is 15.0 Å². The molecule has 0 aliphatic heterocycles. The average Bonchev–Trinajstić information content (AvgIpc) is 3.16. The zero-order valence-corrected chi connectivity index (χ0v) is 14.6. The number of hydrogen-bond donors (Lipinski definition) is 1. The Kier molecular flexibility index (Phi) is 4.85. The van der Waals surface area contributed by atoms with Gasteiger partial charge in [-0.2, -0.15) is 0 Å². The van der Waals surface area contributed by atoms with E-state index in [9.17, 15) is 9.59 Å². The van der Waals surface area contributed by atoms with E-state index in [1.165, 1.54) is 21.8 Å². The molecule has 0 fully saturated rings. The standard InChI is InChI=1S/C18H20N2O3S/c1-20(18(22)16-10-12-4-3-5-15(12)24-16)11-17(21)19-13-6-8-14(23-2)9-7-13/h6-10H,3-5,11H2,1-2H3,(H,19,21). The quantitative estimate of drug-likeness (QED) is 0.907. The number of nitrogens with zero attached hydrogens (tertiary/aromatic N) is 1. The molecule has 0 saturated heterocycles. The summed E-state index contributed by atoms with van der Waals surface area (Å²) in [7, 11) is 3.25. The maximum atomic E-state index is 12.5. The van der Waals surface area contributed by atoms with Gasteiger partial charge in [0.1, 0.15) is 5.75 Å². The van der Waals surface area contributed by atoms with E-state index in [1.54, 1.807) is 49.8 Å². The van der Waals surface area contributed by atoms with Crippen molar-refractivity contribution in [2.24, 2.45) is 0 Å².